The minimum Gasteiger partial charge on any atom is -0.496 e. The van der Waals surface area contributed by atoms with Crippen molar-refractivity contribution in [2.24, 2.45) is 0 Å². The van der Waals surface area contributed by atoms with E-state index in [0.29, 0.717) is 16.8 Å². The maximum absolute atomic E-state index is 14.9. The Hall–Kier alpha value is -4.22. The Morgan fingerprint density at radius 2 is 1.89 bits per heavy atom. The lowest BCUT2D eigenvalue weighted by Gasteiger charge is -2.14. The molecule has 0 saturated heterocycles. The maximum atomic E-state index is 14.9. The average molecular weight is 516 g/mol. The van der Waals surface area contributed by atoms with Gasteiger partial charge in [0.2, 0.25) is 11.8 Å². The number of carbonyl (C=O) groups excluding carboxylic acids is 1. The van der Waals surface area contributed by atoms with E-state index < -0.39 is 35.6 Å². The van der Waals surface area contributed by atoms with Gasteiger partial charge in [0.15, 0.2) is 11.6 Å². The van der Waals surface area contributed by atoms with E-state index in [9.17, 15) is 27.5 Å². The standard InChI is InChI=1S/C25H20F4N4O4/c1-12-7-16-17(10-18(12)36-2)31-23(35)22(30-16)14-4-3-13(15(26)8-14)9-21(34)32-20-11-19(37-33-20)24(5-6-24)25(27,28)29/h3-4,7-8,10-11H,5-6,9H2,1-2H3,(H,31,35)(H,32,33,34). The summed E-state index contributed by atoms with van der Waals surface area (Å²) in [5.74, 6) is -1.81. The van der Waals surface area contributed by atoms with Gasteiger partial charge >= 0.3 is 6.18 Å². The van der Waals surface area contributed by atoms with Crippen LogP contribution in [-0.4, -0.2) is 39.4 Å². The Morgan fingerprint density at radius 1 is 1.16 bits per heavy atom. The first-order valence-electron chi connectivity index (χ1n) is 11.2. The number of nitrogens with one attached hydrogen (secondary N) is 1. The third-order valence-electron chi connectivity index (χ3n) is 6.38. The van der Waals surface area contributed by atoms with Gasteiger partial charge in [0.1, 0.15) is 22.7 Å². The van der Waals surface area contributed by atoms with Gasteiger partial charge in [-0.05, 0) is 43.0 Å². The number of fused-ring (bicyclic) bond motifs is 1. The lowest BCUT2D eigenvalue weighted by Crippen LogP contribution is -2.28. The molecule has 0 bridgehead atoms. The molecule has 1 saturated carbocycles. The van der Waals surface area contributed by atoms with Crippen LogP contribution >= 0.6 is 0 Å². The second-order valence-corrected chi connectivity index (χ2v) is 8.89. The molecule has 2 N–H and O–H groups in total. The Bertz CT molecular complexity index is 1530. The smallest absolute Gasteiger partial charge is 0.401 e. The number of methoxy groups -OCH3 is 1. The molecule has 8 nitrogen and oxygen atoms in total. The van der Waals surface area contributed by atoms with Crippen molar-refractivity contribution in [1.29, 1.82) is 0 Å². The first-order valence-corrected chi connectivity index (χ1v) is 11.2. The van der Waals surface area contributed by atoms with Crippen LogP contribution in [0.1, 0.15) is 29.7 Å². The number of aromatic hydroxyl groups is 1. The first-order chi connectivity index (χ1) is 17.5. The van der Waals surface area contributed by atoms with Crippen LogP contribution in [0.2, 0.25) is 0 Å². The van der Waals surface area contributed by atoms with Gasteiger partial charge in [0.05, 0.1) is 24.6 Å². The van der Waals surface area contributed by atoms with Crippen molar-refractivity contribution >= 4 is 22.8 Å². The Labute approximate surface area is 207 Å². The number of hydrogen-bond donors (Lipinski definition) is 2. The largest absolute Gasteiger partial charge is 0.496 e. The first kappa shape index (κ1) is 24.5. The van der Waals surface area contributed by atoms with Crippen LogP contribution in [0.25, 0.3) is 22.3 Å². The summed E-state index contributed by atoms with van der Waals surface area (Å²) in [6, 6.07) is 8.35. The molecule has 37 heavy (non-hydrogen) atoms. The SMILES string of the molecule is COc1cc2nc(O)c(-c3ccc(CC(=O)Nc4cc(C5(C(F)(F)F)CC5)on4)c(F)c3)nc2cc1C. The molecule has 5 rings (SSSR count). The maximum Gasteiger partial charge on any atom is 0.401 e. The lowest BCUT2D eigenvalue weighted by molar-refractivity contribution is -0.165. The molecule has 0 atom stereocenters. The Balaban J connectivity index is 1.32. The quantitative estimate of drug-likeness (QED) is 0.338. The minimum absolute atomic E-state index is 0.0211. The molecule has 1 aliphatic carbocycles. The predicted octanol–water partition coefficient (Wildman–Crippen LogP) is 5.22. The zero-order chi connectivity index (χ0) is 26.5. The van der Waals surface area contributed by atoms with E-state index >= 15 is 0 Å². The van der Waals surface area contributed by atoms with Gasteiger partial charge in [-0.25, -0.2) is 14.4 Å². The number of ether oxygens (including phenoxy) is 1. The molecule has 1 fully saturated rings. The van der Waals surface area contributed by atoms with Crippen molar-refractivity contribution in [3.05, 3.63) is 59.1 Å². The van der Waals surface area contributed by atoms with Crippen molar-refractivity contribution in [2.45, 2.75) is 37.8 Å². The molecule has 2 aromatic carbocycles. The molecule has 2 heterocycles. The Kier molecular flexibility index (Phi) is 5.76. The van der Waals surface area contributed by atoms with E-state index in [1.807, 2.05) is 6.92 Å². The van der Waals surface area contributed by atoms with Crippen LogP contribution in [0, 0.1) is 12.7 Å². The highest BCUT2D eigenvalue weighted by atomic mass is 19.4. The van der Waals surface area contributed by atoms with Gasteiger partial charge in [0, 0.05) is 17.7 Å². The number of benzene rings is 2. The molecule has 12 heteroatoms. The summed E-state index contributed by atoms with van der Waals surface area (Å²) in [6.07, 6.45) is -5.11. The zero-order valence-electron chi connectivity index (χ0n) is 19.6. The van der Waals surface area contributed by atoms with Crippen LogP contribution in [-0.2, 0) is 16.6 Å². The highest BCUT2D eigenvalue weighted by molar-refractivity contribution is 5.91. The monoisotopic (exact) mass is 516 g/mol. The van der Waals surface area contributed by atoms with Crippen molar-refractivity contribution in [3.63, 3.8) is 0 Å². The summed E-state index contributed by atoms with van der Waals surface area (Å²) in [6.45, 7) is 1.83. The number of nitrogens with zero attached hydrogens (tertiary/aromatic N) is 3. The molecule has 0 unspecified atom stereocenters. The molecular weight excluding hydrogens is 496 g/mol. The predicted molar refractivity (Wildman–Crippen MR) is 124 cm³/mol. The number of rotatable bonds is 6. The third-order valence-corrected chi connectivity index (χ3v) is 6.38. The second-order valence-electron chi connectivity index (χ2n) is 8.89. The minimum atomic E-state index is -4.48. The summed E-state index contributed by atoms with van der Waals surface area (Å²) in [7, 11) is 1.51. The highest BCUT2D eigenvalue weighted by Crippen LogP contribution is 2.59. The number of anilines is 1. The van der Waals surface area contributed by atoms with Crippen molar-refractivity contribution in [2.75, 3.05) is 12.4 Å². The van der Waals surface area contributed by atoms with Gasteiger partial charge in [-0.1, -0.05) is 17.3 Å². The van der Waals surface area contributed by atoms with Crippen LogP contribution in [0.4, 0.5) is 23.4 Å². The summed E-state index contributed by atoms with van der Waals surface area (Å²) < 4.78 is 64.7. The molecule has 0 aliphatic heterocycles. The fourth-order valence-corrected chi connectivity index (χ4v) is 4.14. The number of carbonyl (C=O) groups is 1. The molecule has 1 amide bonds. The number of hydrogen-bond acceptors (Lipinski definition) is 7. The molecule has 1 aliphatic rings. The average Bonchev–Trinajstić information content (AvgIpc) is 3.54. The number of halogens is 4. The fourth-order valence-electron chi connectivity index (χ4n) is 4.14. The molecule has 192 valence electrons. The molecule has 0 radical (unpaired) electrons. The second kappa shape index (κ2) is 8.71. The van der Waals surface area contributed by atoms with Crippen LogP contribution < -0.4 is 10.1 Å². The van der Waals surface area contributed by atoms with Gasteiger partial charge < -0.3 is 19.7 Å². The summed E-state index contributed by atoms with van der Waals surface area (Å²) in [5.41, 5.74) is -0.0684. The van der Waals surface area contributed by atoms with Crippen LogP contribution in [0.3, 0.4) is 0 Å². The Morgan fingerprint density at radius 3 is 2.54 bits per heavy atom. The molecule has 2 aromatic heterocycles. The number of aryl methyl sites for hydroxylation is 1. The van der Waals surface area contributed by atoms with E-state index in [2.05, 4.69) is 20.4 Å². The third kappa shape index (κ3) is 4.43. The van der Waals surface area contributed by atoms with E-state index in [0.717, 1.165) is 17.7 Å². The van der Waals surface area contributed by atoms with Gasteiger partial charge in [-0.15, -0.1) is 0 Å². The van der Waals surface area contributed by atoms with E-state index in [1.165, 1.54) is 19.2 Å². The van der Waals surface area contributed by atoms with Gasteiger partial charge in [-0.2, -0.15) is 13.2 Å². The summed E-state index contributed by atoms with van der Waals surface area (Å²) >= 11 is 0. The zero-order valence-corrected chi connectivity index (χ0v) is 19.6. The van der Waals surface area contributed by atoms with Crippen LogP contribution in [0.5, 0.6) is 11.6 Å². The fraction of sp³-hybridized carbons (Fsp3) is 0.280. The molecule has 0 spiro atoms. The van der Waals surface area contributed by atoms with Crippen LogP contribution in [0.15, 0.2) is 40.9 Å². The van der Waals surface area contributed by atoms with E-state index in [-0.39, 0.29) is 41.2 Å². The molecule has 4 aromatic rings. The van der Waals surface area contributed by atoms with E-state index in [4.69, 9.17) is 9.26 Å². The number of aromatic nitrogens is 3. The lowest BCUT2D eigenvalue weighted by atomic mass is 10.0. The topological polar surface area (TPSA) is 110 Å². The van der Waals surface area contributed by atoms with Crippen molar-refractivity contribution in [1.82, 2.24) is 15.1 Å². The summed E-state index contributed by atoms with van der Waals surface area (Å²) in [4.78, 5) is 20.9. The van der Waals surface area contributed by atoms with Crippen molar-refractivity contribution in [3.8, 4) is 22.9 Å². The highest BCUT2D eigenvalue weighted by Gasteiger charge is 2.66. The number of alkyl halides is 3. The van der Waals surface area contributed by atoms with Gasteiger partial charge in [-0.3, -0.25) is 4.79 Å². The van der Waals surface area contributed by atoms with Crippen molar-refractivity contribution < 1.29 is 36.7 Å². The summed E-state index contributed by atoms with van der Waals surface area (Å²) in [5, 5.41) is 16.2. The van der Waals surface area contributed by atoms with Gasteiger partial charge in [0.25, 0.3) is 0 Å². The number of amides is 1. The molecular formula is C25H20F4N4O4. The normalized spacial score (nSPS) is 14.5. The van der Waals surface area contributed by atoms with E-state index in [1.54, 1.807) is 12.1 Å².